The van der Waals surface area contributed by atoms with Gasteiger partial charge in [0.2, 0.25) is 29.6 Å². The highest BCUT2D eigenvalue weighted by atomic mass is 16.2. The maximum absolute atomic E-state index is 14.1. The summed E-state index contributed by atoms with van der Waals surface area (Å²) in [5.41, 5.74) is 17.7. The van der Waals surface area contributed by atoms with E-state index in [0.29, 0.717) is 45.3 Å². The van der Waals surface area contributed by atoms with Crippen LogP contribution < -0.4 is 44.4 Å². The number of amides is 3. The molecule has 0 spiro atoms. The second-order valence-electron chi connectivity index (χ2n) is 13.8. The number of hydrazine groups is 1. The van der Waals surface area contributed by atoms with Crippen LogP contribution >= 0.6 is 0 Å². The van der Waals surface area contributed by atoms with Crippen molar-refractivity contribution in [1.82, 2.24) is 26.3 Å². The molecule has 58 heavy (non-hydrogen) atoms. The molecule has 0 saturated heterocycles. The third-order valence-electron chi connectivity index (χ3n) is 9.42. The number of carbonyl (C=O) groups is 3. The van der Waals surface area contributed by atoms with E-state index in [1.165, 1.54) is 0 Å². The minimum Gasteiger partial charge on any atom is -0.369 e. The maximum Gasteiger partial charge on any atom is 0.243 e. The van der Waals surface area contributed by atoms with Gasteiger partial charge >= 0.3 is 0 Å². The molecule has 0 aliphatic rings. The van der Waals surface area contributed by atoms with E-state index < -0.39 is 35.8 Å². The number of nitrogens with one attached hydrogen (secondary N) is 6. The Morgan fingerprint density at radius 3 is 1.67 bits per heavy atom. The Morgan fingerprint density at radius 1 is 0.621 bits per heavy atom. The van der Waals surface area contributed by atoms with Gasteiger partial charge in [0.05, 0.1) is 6.04 Å². The third-order valence-corrected chi connectivity index (χ3v) is 9.42. The van der Waals surface area contributed by atoms with Gasteiger partial charge in [-0.2, -0.15) is 0 Å². The lowest BCUT2D eigenvalue weighted by Gasteiger charge is -2.25. The summed E-state index contributed by atoms with van der Waals surface area (Å²) in [5, 5.41) is 34.2. The van der Waals surface area contributed by atoms with Crippen molar-refractivity contribution in [3.05, 3.63) is 120 Å². The lowest BCUT2D eigenvalue weighted by atomic mass is 9.99. The Hall–Kier alpha value is -6.65. The number of hydrogen-bond acceptors (Lipinski definition) is 8. The summed E-state index contributed by atoms with van der Waals surface area (Å²) in [6.45, 7) is 1.00. The molecule has 0 radical (unpaired) electrons. The average molecular weight is 790 g/mol. The van der Waals surface area contributed by atoms with E-state index >= 15 is 0 Å². The van der Waals surface area contributed by atoms with Crippen LogP contribution in [-0.2, 0) is 27.2 Å². The molecule has 4 rings (SSSR count). The molecule has 0 heterocycles. The van der Waals surface area contributed by atoms with Gasteiger partial charge in [0, 0.05) is 26.1 Å². The van der Waals surface area contributed by atoms with Gasteiger partial charge in [-0.15, -0.1) is 0 Å². The highest BCUT2D eigenvalue weighted by molar-refractivity contribution is 5.93. The number of rotatable bonds is 21. The van der Waals surface area contributed by atoms with E-state index in [1.54, 1.807) is 0 Å². The molecule has 0 saturated carbocycles. The Morgan fingerprint density at radius 2 is 1.12 bits per heavy atom. The molecule has 0 fully saturated rings. The van der Waals surface area contributed by atoms with Crippen LogP contribution in [-0.4, -0.2) is 72.4 Å². The summed E-state index contributed by atoms with van der Waals surface area (Å²) in [5.74, 6) is 8.84. The topological polar surface area (TPSA) is 279 Å². The predicted molar refractivity (Wildman–Crippen MR) is 227 cm³/mol. The number of nitrogens with two attached hydrogens (primary N) is 4. The Bertz CT molecular complexity index is 1940. The van der Waals surface area contributed by atoms with Crippen molar-refractivity contribution in [3.63, 3.8) is 0 Å². The number of nitrogens with zero attached hydrogens (tertiary/aromatic N) is 3. The van der Waals surface area contributed by atoms with Crippen LogP contribution in [0.4, 0.5) is 0 Å². The second kappa shape index (κ2) is 23.4. The lowest BCUT2D eigenvalue weighted by Crippen LogP contribution is -2.56. The van der Waals surface area contributed by atoms with Crippen molar-refractivity contribution in [3.8, 4) is 22.3 Å². The van der Waals surface area contributed by atoms with Crippen LogP contribution in [0, 0.1) is 10.8 Å². The molecule has 306 valence electrons. The van der Waals surface area contributed by atoms with Crippen LogP contribution in [0.3, 0.4) is 0 Å². The van der Waals surface area contributed by atoms with Gasteiger partial charge in [0.25, 0.3) is 0 Å². The number of unbranched alkanes of at least 4 members (excludes halogenated alkanes) is 2. The van der Waals surface area contributed by atoms with E-state index in [4.69, 9.17) is 34.0 Å². The summed E-state index contributed by atoms with van der Waals surface area (Å²) in [7, 11) is 0. The Labute approximate surface area is 339 Å². The lowest BCUT2D eigenvalue weighted by molar-refractivity contribution is -0.132. The first kappa shape index (κ1) is 44.1. The molecular formula is C42H55N13O3. The fraction of sp³-hybridized carbons (Fsp3) is 0.310. The van der Waals surface area contributed by atoms with Gasteiger partial charge in [0.15, 0.2) is 0 Å². The zero-order valence-electron chi connectivity index (χ0n) is 32.6. The van der Waals surface area contributed by atoms with Crippen molar-refractivity contribution in [2.45, 2.75) is 63.1 Å². The van der Waals surface area contributed by atoms with E-state index in [1.807, 2.05) is 109 Å². The number of benzene rings is 4. The van der Waals surface area contributed by atoms with Gasteiger partial charge in [0.1, 0.15) is 12.1 Å². The van der Waals surface area contributed by atoms with Crippen LogP contribution in [0.5, 0.6) is 0 Å². The SMILES string of the molecule is N=C(N=NN)NCCCC[C@H](NC(=O)[C@@H](N)Cc1ccc(-c2ccccc2)cc1)C(=O)N[C@@H](Cc1ccc(-c2ccccc2)cc1)C(=O)NCCCCN(N)C(=N)N. The molecule has 0 bridgehead atoms. The van der Waals surface area contributed by atoms with Crippen LogP contribution in [0.15, 0.2) is 120 Å². The maximum atomic E-state index is 14.1. The molecule has 3 amide bonds. The summed E-state index contributed by atoms with van der Waals surface area (Å²) >= 11 is 0. The smallest absolute Gasteiger partial charge is 0.243 e. The van der Waals surface area contributed by atoms with Crippen LogP contribution in [0.1, 0.15) is 43.2 Å². The largest absolute Gasteiger partial charge is 0.369 e. The van der Waals surface area contributed by atoms with Crippen molar-refractivity contribution in [1.29, 1.82) is 10.8 Å². The first-order valence-electron chi connectivity index (χ1n) is 19.3. The average Bonchev–Trinajstić information content (AvgIpc) is 3.23. The first-order valence-corrected chi connectivity index (χ1v) is 19.3. The van der Waals surface area contributed by atoms with Crippen molar-refractivity contribution in [2.24, 2.45) is 33.5 Å². The summed E-state index contributed by atoms with van der Waals surface area (Å²) < 4.78 is 0. The van der Waals surface area contributed by atoms with Gasteiger partial charge in [-0.3, -0.25) is 30.2 Å². The highest BCUT2D eigenvalue weighted by Crippen LogP contribution is 2.21. The molecule has 14 N–H and O–H groups in total. The van der Waals surface area contributed by atoms with E-state index in [-0.39, 0.29) is 31.2 Å². The van der Waals surface area contributed by atoms with Crippen molar-refractivity contribution in [2.75, 3.05) is 19.6 Å². The fourth-order valence-electron chi connectivity index (χ4n) is 6.17. The van der Waals surface area contributed by atoms with Gasteiger partial charge < -0.3 is 38.6 Å². The fourth-order valence-corrected chi connectivity index (χ4v) is 6.17. The molecule has 16 heteroatoms. The molecular weight excluding hydrogens is 735 g/mol. The Kier molecular flexibility index (Phi) is 17.8. The Balaban J connectivity index is 1.46. The second-order valence-corrected chi connectivity index (χ2v) is 13.8. The van der Waals surface area contributed by atoms with Crippen LogP contribution in [0.2, 0.25) is 0 Å². The number of guanidine groups is 2. The van der Waals surface area contributed by atoms with E-state index in [0.717, 1.165) is 38.4 Å². The molecule has 3 atom stereocenters. The molecule has 4 aromatic rings. The summed E-state index contributed by atoms with van der Waals surface area (Å²) in [6.07, 6.45) is 2.81. The van der Waals surface area contributed by atoms with E-state index in [2.05, 4.69) is 31.6 Å². The molecule has 16 nitrogen and oxygen atoms in total. The van der Waals surface area contributed by atoms with Crippen LogP contribution in [0.25, 0.3) is 22.3 Å². The molecule has 4 aromatic carbocycles. The van der Waals surface area contributed by atoms with Gasteiger partial charge in [-0.1, -0.05) is 120 Å². The third kappa shape index (κ3) is 14.8. The summed E-state index contributed by atoms with van der Waals surface area (Å²) in [6, 6.07) is 32.5. The first-order chi connectivity index (χ1) is 28.0. The van der Waals surface area contributed by atoms with Crippen molar-refractivity contribution < 1.29 is 14.4 Å². The zero-order chi connectivity index (χ0) is 41.7. The van der Waals surface area contributed by atoms with Crippen molar-refractivity contribution >= 4 is 29.6 Å². The summed E-state index contributed by atoms with van der Waals surface area (Å²) in [4.78, 5) is 41.3. The molecule has 0 unspecified atom stereocenters. The van der Waals surface area contributed by atoms with Gasteiger partial charge in [-0.05, 0) is 71.9 Å². The number of hydrogen-bond donors (Lipinski definition) is 10. The molecule has 0 aliphatic carbocycles. The predicted octanol–water partition coefficient (Wildman–Crippen LogP) is 3.09. The zero-order valence-corrected chi connectivity index (χ0v) is 32.6. The highest BCUT2D eigenvalue weighted by Gasteiger charge is 2.28. The minimum absolute atomic E-state index is 0.189. The molecule has 0 aliphatic heterocycles. The standard InChI is InChI=1S/C42H55N13O3/c43-35(27-29-16-20-33(21-17-29)31-11-3-1-4-12-31)38(56)51-36(15-7-8-25-50-42(46)53-54-47)40(58)52-37(39(57)49-24-9-10-26-55(48)41(44)45)28-30-18-22-34(23-19-30)32-13-5-2-6-14-32/h1-6,11-14,16-23,35-37H,7-10,15,24-28,43,48H2,(H3,44,45)(H,49,57)(H,51,56)(H,52,58)(H4,46,47,50,53)/t35-,36-,37-/m0/s1. The quantitative estimate of drug-likeness (QED) is 0.0148. The van der Waals surface area contributed by atoms with Gasteiger partial charge in [-0.25, -0.2) is 5.84 Å². The normalized spacial score (nSPS) is 12.5. The monoisotopic (exact) mass is 789 g/mol. The minimum atomic E-state index is -1.01. The molecule has 0 aromatic heterocycles. The van der Waals surface area contributed by atoms with E-state index in [9.17, 15) is 14.4 Å². The number of carbonyl (C=O) groups excluding carboxylic acids is 3.